The lowest BCUT2D eigenvalue weighted by atomic mass is 10.0. The van der Waals surface area contributed by atoms with Gasteiger partial charge in [0.1, 0.15) is 12.3 Å². The molecule has 4 rings (SSSR count). The topological polar surface area (TPSA) is 69.0 Å². The molecular formula is C23H28N4O2. The fourth-order valence-corrected chi connectivity index (χ4v) is 4.24. The molecule has 6 heteroatoms. The molecule has 6 nitrogen and oxygen atoms in total. The molecule has 0 bridgehead atoms. The van der Waals surface area contributed by atoms with Crippen LogP contribution in [0.4, 0.5) is 0 Å². The fraction of sp³-hybridized carbons (Fsp3) is 0.435. The molecule has 1 saturated carbocycles. The van der Waals surface area contributed by atoms with Gasteiger partial charge in [-0.15, -0.1) is 0 Å². The summed E-state index contributed by atoms with van der Waals surface area (Å²) in [5, 5.41) is 8.81. The molecule has 2 aromatic heterocycles. The predicted molar refractivity (Wildman–Crippen MR) is 114 cm³/mol. The lowest BCUT2D eigenvalue weighted by molar-refractivity contribution is -0.122. The molecule has 1 N–H and O–H groups in total. The first-order valence-corrected chi connectivity index (χ1v) is 10.4. The van der Waals surface area contributed by atoms with E-state index in [-0.39, 0.29) is 18.5 Å². The van der Waals surface area contributed by atoms with Crippen LogP contribution in [0, 0.1) is 6.92 Å². The molecule has 1 fully saturated rings. The summed E-state index contributed by atoms with van der Waals surface area (Å²) < 4.78 is 6.99. The Morgan fingerprint density at radius 2 is 1.86 bits per heavy atom. The smallest absolute Gasteiger partial charge is 0.242 e. The molecule has 1 aliphatic carbocycles. The Labute approximate surface area is 171 Å². The summed E-state index contributed by atoms with van der Waals surface area (Å²) in [6.07, 6.45) is 8.86. The summed E-state index contributed by atoms with van der Waals surface area (Å²) in [5.74, 6) is 0.833. The van der Waals surface area contributed by atoms with Crippen LogP contribution >= 0.6 is 0 Å². The van der Waals surface area contributed by atoms with Gasteiger partial charge in [0.25, 0.3) is 0 Å². The third-order valence-electron chi connectivity index (χ3n) is 5.72. The van der Waals surface area contributed by atoms with Crippen LogP contribution < -0.4 is 10.1 Å². The summed E-state index contributed by atoms with van der Waals surface area (Å²) in [4.78, 5) is 17.2. The van der Waals surface area contributed by atoms with Crippen molar-refractivity contribution in [2.45, 2.75) is 58.0 Å². The molecule has 29 heavy (non-hydrogen) atoms. The highest BCUT2D eigenvalue weighted by Crippen LogP contribution is 2.30. The number of rotatable bonds is 5. The van der Waals surface area contributed by atoms with Crippen molar-refractivity contribution in [3.8, 4) is 16.9 Å². The third-order valence-corrected chi connectivity index (χ3v) is 5.72. The SMILES string of the molecule is COc1ccc(-c2ccnc3c2c(C)nn3CC(=O)NC2CCCCCC2)cc1. The van der Waals surface area contributed by atoms with Crippen LogP contribution in [0.1, 0.15) is 44.2 Å². The fourth-order valence-electron chi connectivity index (χ4n) is 4.24. The number of carbonyl (C=O) groups is 1. The van der Waals surface area contributed by atoms with E-state index in [2.05, 4.69) is 15.4 Å². The van der Waals surface area contributed by atoms with Crippen molar-refractivity contribution in [3.05, 3.63) is 42.2 Å². The third kappa shape index (κ3) is 4.26. The van der Waals surface area contributed by atoms with Gasteiger partial charge >= 0.3 is 0 Å². The van der Waals surface area contributed by atoms with Gasteiger partial charge in [0.05, 0.1) is 12.8 Å². The molecule has 1 aromatic carbocycles. The van der Waals surface area contributed by atoms with E-state index in [1.54, 1.807) is 18.0 Å². The van der Waals surface area contributed by atoms with Crippen LogP contribution in [0.2, 0.25) is 0 Å². The van der Waals surface area contributed by atoms with Crippen LogP contribution in [0.3, 0.4) is 0 Å². The van der Waals surface area contributed by atoms with E-state index in [4.69, 9.17) is 4.74 Å². The molecule has 1 amide bonds. The van der Waals surface area contributed by atoms with Gasteiger partial charge in [-0.25, -0.2) is 9.67 Å². The molecule has 0 atom stereocenters. The number of nitrogens with one attached hydrogen (secondary N) is 1. The largest absolute Gasteiger partial charge is 0.497 e. The number of ether oxygens (including phenoxy) is 1. The second-order valence-corrected chi connectivity index (χ2v) is 7.78. The van der Waals surface area contributed by atoms with E-state index >= 15 is 0 Å². The number of carbonyl (C=O) groups excluding carboxylic acids is 1. The molecule has 0 spiro atoms. The van der Waals surface area contributed by atoms with Crippen molar-refractivity contribution in [3.63, 3.8) is 0 Å². The lowest BCUT2D eigenvalue weighted by Gasteiger charge is -2.16. The monoisotopic (exact) mass is 392 g/mol. The summed E-state index contributed by atoms with van der Waals surface area (Å²) in [6.45, 7) is 2.16. The number of benzene rings is 1. The van der Waals surface area contributed by atoms with E-state index in [0.29, 0.717) is 0 Å². The Morgan fingerprint density at radius 3 is 2.55 bits per heavy atom. The number of fused-ring (bicyclic) bond motifs is 1. The Balaban J connectivity index is 1.58. The minimum Gasteiger partial charge on any atom is -0.497 e. The Hall–Kier alpha value is -2.89. The highest BCUT2D eigenvalue weighted by molar-refractivity contribution is 5.95. The molecule has 0 saturated heterocycles. The Kier molecular flexibility index (Phi) is 5.79. The Morgan fingerprint density at radius 1 is 1.14 bits per heavy atom. The lowest BCUT2D eigenvalue weighted by Crippen LogP contribution is -2.36. The molecule has 2 heterocycles. The second-order valence-electron chi connectivity index (χ2n) is 7.78. The van der Waals surface area contributed by atoms with Gasteiger partial charge in [-0.2, -0.15) is 5.10 Å². The van der Waals surface area contributed by atoms with Gasteiger partial charge in [-0.05, 0) is 49.1 Å². The van der Waals surface area contributed by atoms with E-state index in [1.165, 1.54) is 25.7 Å². The average Bonchev–Trinajstić information content (AvgIpc) is 2.90. The van der Waals surface area contributed by atoms with Gasteiger partial charge in [0.15, 0.2) is 5.65 Å². The zero-order chi connectivity index (χ0) is 20.2. The standard InChI is InChI=1S/C23H28N4O2/c1-16-22-20(17-9-11-19(29-2)12-10-17)13-14-24-23(22)27(26-16)15-21(28)25-18-7-5-3-4-6-8-18/h9-14,18H,3-8,15H2,1-2H3,(H,25,28). The van der Waals surface area contributed by atoms with Crippen molar-refractivity contribution in [2.24, 2.45) is 0 Å². The minimum atomic E-state index is 0.0120. The average molecular weight is 393 g/mol. The molecule has 152 valence electrons. The summed E-state index contributed by atoms with van der Waals surface area (Å²) >= 11 is 0. The van der Waals surface area contributed by atoms with E-state index < -0.39 is 0 Å². The summed E-state index contributed by atoms with van der Waals surface area (Å²) in [6, 6.07) is 10.2. The predicted octanol–water partition coefficient (Wildman–Crippen LogP) is 4.25. The first kappa shape index (κ1) is 19.4. The first-order chi connectivity index (χ1) is 14.2. The van der Waals surface area contributed by atoms with Gasteiger partial charge in [0.2, 0.25) is 5.91 Å². The van der Waals surface area contributed by atoms with E-state index in [0.717, 1.165) is 46.4 Å². The quantitative estimate of drug-likeness (QED) is 0.659. The van der Waals surface area contributed by atoms with Crippen LogP contribution in [0.25, 0.3) is 22.2 Å². The van der Waals surface area contributed by atoms with Gasteiger partial charge in [-0.3, -0.25) is 4.79 Å². The zero-order valence-electron chi connectivity index (χ0n) is 17.1. The normalized spacial score (nSPS) is 15.2. The molecule has 0 radical (unpaired) electrons. The maximum Gasteiger partial charge on any atom is 0.242 e. The summed E-state index contributed by atoms with van der Waals surface area (Å²) in [7, 11) is 1.66. The number of aryl methyl sites for hydroxylation is 1. The van der Waals surface area contributed by atoms with Crippen LogP contribution in [0.15, 0.2) is 36.5 Å². The van der Waals surface area contributed by atoms with Gasteiger partial charge < -0.3 is 10.1 Å². The number of methoxy groups -OCH3 is 1. The van der Waals surface area contributed by atoms with E-state index in [1.807, 2.05) is 37.3 Å². The molecular weight excluding hydrogens is 364 g/mol. The highest BCUT2D eigenvalue weighted by atomic mass is 16.5. The molecule has 3 aromatic rings. The number of pyridine rings is 1. The maximum atomic E-state index is 12.7. The van der Waals surface area contributed by atoms with Crippen molar-refractivity contribution in [1.29, 1.82) is 0 Å². The number of nitrogens with zero attached hydrogens (tertiary/aromatic N) is 3. The number of amides is 1. The molecule has 0 unspecified atom stereocenters. The maximum absolute atomic E-state index is 12.7. The van der Waals surface area contributed by atoms with Crippen LogP contribution in [0.5, 0.6) is 5.75 Å². The van der Waals surface area contributed by atoms with Crippen LogP contribution in [-0.2, 0) is 11.3 Å². The highest BCUT2D eigenvalue weighted by Gasteiger charge is 2.18. The summed E-state index contributed by atoms with van der Waals surface area (Å²) in [5.41, 5.74) is 3.75. The Bertz CT molecular complexity index is 986. The number of hydrogen-bond acceptors (Lipinski definition) is 4. The van der Waals surface area contributed by atoms with Crippen molar-refractivity contribution in [2.75, 3.05) is 7.11 Å². The first-order valence-electron chi connectivity index (χ1n) is 10.4. The minimum absolute atomic E-state index is 0.0120. The van der Waals surface area contributed by atoms with Crippen molar-refractivity contribution < 1.29 is 9.53 Å². The van der Waals surface area contributed by atoms with Gasteiger partial charge in [0, 0.05) is 17.6 Å². The van der Waals surface area contributed by atoms with E-state index in [9.17, 15) is 4.79 Å². The zero-order valence-corrected chi connectivity index (χ0v) is 17.1. The second kappa shape index (κ2) is 8.64. The van der Waals surface area contributed by atoms with Crippen LogP contribution in [-0.4, -0.2) is 33.8 Å². The molecule has 1 aliphatic rings. The van der Waals surface area contributed by atoms with Gasteiger partial charge in [-0.1, -0.05) is 37.8 Å². The molecule has 0 aliphatic heterocycles. The van der Waals surface area contributed by atoms with Crippen molar-refractivity contribution >= 4 is 16.9 Å². The number of aromatic nitrogens is 3. The van der Waals surface area contributed by atoms with Crippen molar-refractivity contribution in [1.82, 2.24) is 20.1 Å². The number of hydrogen-bond donors (Lipinski definition) is 1.